The highest BCUT2D eigenvalue weighted by Crippen LogP contribution is 2.08. The zero-order valence-electron chi connectivity index (χ0n) is 38.3. The van der Waals surface area contributed by atoms with Gasteiger partial charge < -0.3 is 55.7 Å². The summed E-state index contributed by atoms with van der Waals surface area (Å²) >= 11 is 0. The second-order valence-electron chi connectivity index (χ2n) is 14.6. The molecule has 392 valence electrons. The minimum Gasteiger partial charge on any atom is -0.370 e. The Bertz CT molecular complexity index is 1310. The fourth-order valence-corrected chi connectivity index (χ4v) is 5.41. The molecule has 0 aromatic rings. The predicted molar refractivity (Wildman–Crippen MR) is 260 cm³/mol. The SMILES string of the molecule is N=C(N)NCCCCCCCCNCCCCCCCCN=C(N)N.N=C(N)NCCCCCCCCNCCCCCCCCN=C(N)N.O=S(=O)(O)O.O=S(=O)(O)O.O=S(=O)(O)O. The van der Waals surface area contributed by atoms with Gasteiger partial charge in [0.1, 0.15) is 0 Å². The third kappa shape index (κ3) is 126. The normalized spacial score (nSPS) is 10.8. The first-order chi connectivity index (χ1) is 30.3. The quantitative estimate of drug-likeness (QED) is 0.0185. The van der Waals surface area contributed by atoms with Crippen LogP contribution in [0.3, 0.4) is 0 Å². The number of nitrogens with one attached hydrogen (secondary N) is 6. The largest absolute Gasteiger partial charge is 0.394 e. The van der Waals surface area contributed by atoms with Crippen LogP contribution < -0.4 is 55.7 Å². The van der Waals surface area contributed by atoms with Crippen molar-refractivity contribution < 1.29 is 52.6 Å². The van der Waals surface area contributed by atoms with E-state index >= 15 is 0 Å². The molecule has 0 atom stereocenters. The molecule has 0 aliphatic carbocycles. The number of nitrogens with zero attached hydrogens (tertiary/aromatic N) is 2. The van der Waals surface area contributed by atoms with Crippen LogP contribution >= 0.6 is 0 Å². The Morgan fingerprint density at radius 3 is 0.692 bits per heavy atom. The Morgan fingerprint density at radius 1 is 0.338 bits per heavy atom. The molecule has 0 saturated heterocycles. The van der Waals surface area contributed by atoms with Crippen molar-refractivity contribution in [3.63, 3.8) is 0 Å². The highest BCUT2D eigenvalue weighted by molar-refractivity contribution is 7.80. The number of rotatable bonds is 36. The summed E-state index contributed by atoms with van der Waals surface area (Å²) < 4.78 is 94.8. The molecular weight excluding hydrogens is 917 g/mol. The maximum absolute atomic E-state index is 8.74. The van der Waals surface area contributed by atoms with Gasteiger partial charge >= 0.3 is 31.2 Å². The van der Waals surface area contributed by atoms with E-state index in [9.17, 15) is 0 Å². The summed E-state index contributed by atoms with van der Waals surface area (Å²) in [6.07, 6.45) is 29.9. The van der Waals surface area contributed by atoms with Crippen LogP contribution in [-0.2, 0) is 31.2 Å². The van der Waals surface area contributed by atoms with Crippen molar-refractivity contribution in [2.45, 2.75) is 154 Å². The van der Waals surface area contributed by atoms with Crippen molar-refractivity contribution in [2.75, 3.05) is 52.4 Å². The van der Waals surface area contributed by atoms with Gasteiger partial charge in [0, 0.05) is 26.2 Å². The summed E-state index contributed by atoms with van der Waals surface area (Å²) in [5, 5.41) is 26.9. The summed E-state index contributed by atoms with van der Waals surface area (Å²) in [5.74, 6) is 0.559. The Morgan fingerprint density at radius 2 is 0.508 bits per heavy atom. The van der Waals surface area contributed by atoms with Gasteiger partial charge in [0.25, 0.3) is 0 Å². The van der Waals surface area contributed by atoms with E-state index in [1.807, 2.05) is 0 Å². The Hall–Kier alpha value is -3.39. The molecule has 0 bridgehead atoms. The monoisotopic (exact) mass is 1000 g/mol. The summed E-state index contributed by atoms with van der Waals surface area (Å²) in [6, 6.07) is 0. The lowest BCUT2D eigenvalue weighted by Crippen LogP contribution is -2.30. The van der Waals surface area contributed by atoms with E-state index in [4.69, 9.17) is 97.8 Å². The van der Waals surface area contributed by atoms with Gasteiger partial charge in [-0.1, -0.05) is 103 Å². The van der Waals surface area contributed by atoms with E-state index in [1.54, 1.807) is 0 Å². The van der Waals surface area contributed by atoms with Crippen molar-refractivity contribution in [1.82, 2.24) is 21.3 Å². The van der Waals surface area contributed by atoms with Crippen molar-refractivity contribution in [3.05, 3.63) is 0 Å². The minimum absolute atomic E-state index is 0.0777. The molecule has 0 aliphatic rings. The average Bonchev–Trinajstić information content (AvgIpc) is 3.14. The van der Waals surface area contributed by atoms with E-state index in [0.29, 0.717) is 0 Å². The molecule has 65 heavy (non-hydrogen) atoms. The number of aliphatic imine (C=N–C) groups is 2. The molecule has 0 amide bonds. The molecule has 0 aromatic heterocycles. The van der Waals surface area contributed by atoms with E-state index in [0.717, 1.165) is 78.0 Å². The molecule has 24 N–H and O–H groups in total. The van der Waals surface area contributed by atoms with E-state index in [-0.39, 0.29) is 23.8 Å². The first kappa shape index (κ1) is 70.6. The van der Waals surface area contributed by atoms with Crippen LogP contribution in [0.4, 0.5) is 0 Å². The van der Waals surface area contributed by atoms with Gasteiger partial charge in [-0.25, -0.2) is 0 Å². The van der Waals surface area contributed by atoms with Crippen LogP contribution in [0.1, 0.15) is 154 Å². The third-order valence-electron chi connectivity index (χ3n) is 8.30. The number of unbranched alkanes of at least 4 members (excludes halogenated alkanes) is 20. The Balaban J connectivity index is -0.000000280. The summed E-state index contributed by atoms with van der Waals surface area (Å²) in [6.45, 7) is 7.75. The maximum atomic E-state index is 8.74. The molecule has 0 spiro atoms. The molecular formula is C36H88N14O12S3. The zero-order valence-corrected chi connectivity index (χ0v) is 40.8. The molecule has 0 fully saturated rings. The Kier molecular flexibility index (Phi) is 56.1. The molecule has 0 saturated carbocycles. The van der Waals surface area contributed by atoms with Crippen LogP contribution in [0.5, 0.6) is 0 Å². The fourth-order valence-electron chi connectivity index (χ4n) is 5.41. The summed E-state index contributed by atoms with van der Waals surface area (Å²) in [5.41, 5.74) is 31.6. The minimum atomic E-state index is -4.67. The van der Waals surface area contributed by atoms with Gasteiger partial charge in [0.15, 0.2) is 23.8 Å². The standard InChI is InChI=1S/2C18H41N7.3H2O4S/c2*19-17(20)24-15-11-7-3-1-5-9-13-23-14-10-6-2-4-8-12-16-25-18(21)22;3*1-5(2,3)4/h2*23H,1-16H2,(H4,19,20,24)(H4,21,22,25);3*(H2,1,2,3,4). The van der Waals surface area contributed by atoms with E-state index in [1.165, 1.54) is 128 Å². The van der Waals surface area contributed by atoms with Crippen molar-refractivity contribution in [3.8, 4) is 0 Å². The van der Waals surface area contributed by atoms with Gasteiger partial charge in [-0.3, -0.25) is 48.1 Å². The van der Waals surface area contributed by atoms with Gasteiger partial charge in [0.2, 0.25) is 0 Å². The van der Waals surface area contributed by atoms with E-state index in [2.05, 4.69) is 31.3 Å². The lowest BCUT2D eigenvalue weighted by molar-refractivity contribution is 0.378. The van der Waals surface area contributed by atoms with Crippen molar-refractivity contribution in [2.24, 2.45) is 44.4 Å². The lowest BCUT2D eigenvalue weighted by Gasteiger charge is -2.06. The molecule has 0 rings (SSSR count). The van der Waals surface area contributed by atoms with E-state index < -0.39 is 31.2 Å². The lowest BCUT2D eigenvalue weighted by atomic mass is 10.1. The molecule has 0 heterocycles. The highest BCUT2D eigenvalue weighted by Gasteiger charge is 1.97. The van der Waals surface area contributed by atoms with Gasteiger partial charge in [0.05, 0.1) is 0 Å². The number of nitrogens with two attached hydrogens (primary N) is 6. The van der Waals surface area contributed by atoms with Gasteiger partial charge in [-0.05, 0) is 77.5 Å². The number of hydrogen-bond acceptors (Lipinski definition) is 12. The van der Waals surface area contributed by atoms with Crippen molar-refractivity contribution in [1.29, 1.82) is 10.8 Å². The van der Waals surface area contributed by atoms with Crippen LogP contribution in [-0.4, -0.2) is 129 Å². The van der Waals surface area contributed by atoms with Crippen LogP contribution in [0, 0.1) is 10.8 Å². The molecule has 0 aromatic carbocycles. The first-order valence-electron chi connectivity index (χ1n) is 22.0. The molecule has 0 unspecified atom stereocenters. The molecule has 0 aliphatic heterocycles. The van der Waals surface area contributed by atoms with Gasteiger partial charge in [-0.2, -0.15) is 25.3 Å². The summed E-state index contributed by atoms with van der Waals surface area (Å²) in [7, 11) is -14.0. The summed E-state index contributed by atoms with van der Waals surface area (Å²) in [4.78, 5) is 7.97. The number of hydrogen-bond donors (Lipinski definition) is 18. The first-order valence-corrected chi connectivity index (χ1v) is 26.2. The highest BCUT2D eigenvalue weighted by atomic mass is 32.3. The van der Waals surface area contributed by atoms with Crippen molar-refractivity contribution >= 4 is 55.0 Å². The predicted octanol–water partition coefficient (Wildman–Crippen LogP) is 2.07. The Labute approximate surface area is 389 Å². The fraction of sp³-hybridized carbons (Fsp3) is 0.889. The molecule has 29 heteroatoms. The molecule has 26 nitrogen and oxygen atoms in total. The second-order valence-corrected chi connectivity index (χ2v) is 17.3. The maximum Gasteiger partial charge on any atom is 0.394 e. The average molecular weight is 1010 g/mol. The van der Waals surface area contributed by atoms with Crippen LogP contribution in [0.15, 0.2) is 9.98 Å². The third-order valence-corrected chi connectivity index (χ3v) is 8.30. The molecule has 0 radical (unpaired) electrons. The van der Waals surface area contributed by atoms with Gasteiger partial charge in [-0.15, -0.1) is 0 Å². The zero-order chi connectivity index (χ0) is 50.7. The topological polar surface area (TPSA) is 500 Å². The second kappa shape index (κ2) is 51.6. The number of guanidine groups is 4. The smallest absolute Gasteiger partial charge is 0.370 e. The van der Waals surface area contributed by atoms with Crippen LogP contribution in [0.2, 0.25) is 0 Å². The van der Waals surface area contributed by atoms with Crippen LogP contribution in [0.25, 0.3) is 0 Å².